The van der Waals surface area contributed by atoms with E-state index in [1.165, 1.54) is 0 Å². The largest absolute Gasteiger partial charge is 0.493 e. The van der Waals surface area contributed by atoms with Crippen LogP contribution in [0.2, 0.25) is 0 Å². The number of rotatable bonds is 6. The zero-order valence-electron chi connectivity index (χ0n) is 12.0. The van der Waals surface area contributed by atoms with Crippen LogP contribution in [0, 0.1) is 5.41 Å². The van der Waals surface area contributed by atoms with Crippen LogP contribution in [0.25, 0.3) is 0 Å². The third-order valence-electron chi connectivity index (χ3n) is 3.85. The maximum absolute atomic E-state index is 11.5. The molecule has 1 aliphatic carbocycles. The number of ether oxygens (including phenoxy) is 2. The summed E-state index contributed by atoms with van der Waals surface area (Å²) in [6.07, 6.45) is 3.64. The number of sulfonamides is 1. The van der Waals surface area contributed by atoms with Crippen molar-refractivity contribution in [3.63, 3.8) is 0 Å². The molecule has 0 atom stereocenters. The highest BCUT2D eigenvalue weighted by atomic mass is 79.9. The maximum atomic E-state index is 11.5. The normalized spacial score (nSPS) is 17.7. The Kier molecular flexibility index (Phi) is 5.16. The van der Waals surface area contributed by atoms with E-state index in [9.17, 15) is 8.42 Å². The van der Waals surface area contributed by atoms with Crippen molar-refractivity contribution < 1.29 is 17.9 Å². The Bertz CT molecular complexity index is 597. The molecule has 118 valence electrons. The number of halogens is 1. The van der Waals surface area contributed by atoms with E-state index < -0.39 is 15.4 Å². The highest BCUT2D eigenvalue weighted by Gasteiger charge is 2.38. The highest BCUT2D eigenvalue weighted by Crippen LogP contribution is 2.42. The Morgan fingerprint density at radius 1 is 1.33 bits per heavy atom. The zero-order valence-corrected chi connectivity index (χ0v) is 14.4. The average Bonchev–Trinajstić information content (AvgIpc) is 2.83. The molecule has 2 rings (SSSR count). The lowest BCUT2D eigenvalue weighted by atomic mass is 9.90. The molecule has 7 heteroatoms. The molecule has 0 amide bonds. The molecule has 0 spiro atoms. The molecule has 1 fully saturated rings. The van der Waals surface area contributed by atoms with Gasteiger partial charge in [-0.15, -0.1) is 0 Å². The Hall–Kier alpha value is -0.790. The predicted molar refractivity (Wildman–Crippen MR) is 85.1 cm³/mol. The monoisotopic (exact) mass is 377 g/mol. The molecule has 5 nitrogen and oxygen atoms in total. The molecule has 21 heavy (non-hydrogen) atoms. The van der Waals surface area contributed by atoms with Crippen LogP contribution >= 0.6 is 15.9 Å². The molecular formula is C14H20BrNO4S. The van der Waals surface area contributed by atoms with Crippen molar-refractivity contribution in [2.24, 2.45) is 10.6 Å². The van der Waals surface area contributed by atoms with E-state index >= 15 is 0 Å². The molecule has 0 unspecified atom stereocenters. The standard InChI is InChI=1S/C14H20BrNO4S/c1-19-12-6-4-5-11(15)13(12)20-9-14(7-2-3-8-14)10-21(16,17)18/h4-6H,2-3,7-10H2,1H3,(H2,16,17,18). The molecule has 0 aliphatic heterocycles. The van der Waals surface area contributed by atoms with E-state index in [-0.39, 0.29) is 5.75 Å². The van der Waals surface area contributed by atoms with E-state index in [4.69, 9.17) is 14.6 Å². The topological polar surface area (TPSA) is 78.6 Å². The summed E-state index contributed by atoms with van der Waals surface area (Å²) in [5.41, 5.74) is -0.395. The number of para-hydroxylation sites is 1. The summed E-state index contributed by atoms with van der Waals surface area (Å²) in [4.78, 5) is 0. The van der Waals surface area contributed by atoms with Gasteiger partial charge in [0, 0.05) is 5.41 Å². The lowest BCUT2D eigenvalue weighted by molar-refractivity contribution is 0.165. The first-order valence-corrected chi connectivity index (χ1v) is 9.32. The SMILES string of the molecule is COc1cccc(Br)c1OCC1(CS(N)(=O)=O)CCCC1. The first-order valence-electron chi connectivity index (χ1n) is 6.81. The number of nitrogens with two attached hydrogens (primary N) is 1. The van der Waals surface area contributed by atoms with Crippen molar-refractivity contribution >= 4 is 26.0 Å². The van der Waals surface area contributed by atoms with Crippen LogP contribution in [-0.2, 0) is 10.0 Å². The van der Waals surface area contributed by atoms with Crippen LogP contribution in [0.3, 0.4) is 0 Å². The maximum Gasteiger partial charge on any atom is 0.209 e. The minimum absolute atomic E-state index is 0.0350. The summed E-state index contributed by atoms with van der Waals surface area (Å²) >= 11 is 3.43. The second-order valence-electron chi connectivity index (χ2n) is 5.57. The van der Waals surface area contributed by atoms with Crippen molar-refractivity contribution in [2.75, 3.05) is 19.5 Å². The van der Waals surface area contributed by atoms with Gasteiger partial charge in [0.15, 0.2) is 11.5 Å². The van der Waals surface area contributed by atoms with Crippen LogP contribution in [0.4, 0.5) is 0 Å². The first kappa shape index (κ1) is 16.6. The molecule has 1 saturated carbocycles. The van der Waals surface area contributed by atoms with Gasteiger partial charge in [-0.2, -0.15) is 0 Å². The summed E-state index contributed by atoms with van der Waals surface area (Å²) in [6.45, 7) is 0.322. The lowest BCUT2D eigenvalue weighted by Crippen LogP contribution is -2.36. The smallest absolute Gasteiger partial charge is 0.209 e. The summed E-state index contributed by atoms with van der Waals surface area (Å²) in [6, 6.07) is 5.52. The lowest BCUT2D eigenvalue weighted by Gasteiger charge is -2.28. The first-order chi connectivity index (χ1) is 9.85. The number of methoxy groups -OCH3 is 1. The van der Waals surface area contributed by atoms with Crippen LogP contribution < -0.4 is 14.6 Å². The van der Waals surface area contributed by atoms with Crippen molar-refractivity contribution in [1.82, 2.24) is 0 Å². The van der Waals surface area contributed by atoms with Gasteiger partial charge in [-0.3, -0.25) is 0 Å². The molecule has 0 bridgehead atoms. The van der Waals surface area contributed by atoms with Crippen molar-refractivity contribution in [3.05, 3.63) is 22.7 Å². The number of benzene rings is 1. The van der Waals surface area contributed by atoms with Crippen molar-refractivity contribution in [1.29, 1.82) is 0 Å². The van der Waals surface area contributed by atoms with Crippen LogP contribution in [0.1, 0.15) is 25.7 Å². The second kappa shape index (κ2) is 6.54. The van der Waals surface area contributed by atoms with Gasteiger partial charge in [0.2, 0.25) is 10.0 Å². The van der Waals surface area contributed by atoms with Crippen LogP contribution in [0.5, 0.6) is 11.5 Å². The molecule has 0 heterocycles. The van der Waals surface area contributed by atoms with Crippen molar-refractivity contribution in [2.45, 2.75) is 25.7 Å². The fraction of sp³-hybridized carbons (Fsp3) is 0.571. The number of hydrogen-bond donors (Lipinski definition) is 1. The van der Waals surface area contributed by atoms with Gasteiger partial charge in [0.05, 0.1) is 23.9 Å². The molecule has 0 aromatic heterocycles. The molecular weight excluding hydrogens is 358 g/mol. The van der Waals surface area contributed by atoms with E-state index in [1.54, 1.807) is 13.2 Å². The quantitative estimate of drug-likeness (QED) is 0.826. The van der Waals surface area contributed by atoms with E-state index in [0.29, 0.717) is 18.1 Å². The van der Waals surface area contributed by atoms with Gasteiger partial charge in [0.25, 0.3) is 0 Å². The number of primary sulfonamides is 1. The van der Waals surface area contributed by atoms with Crippen LogP contribution in [0.15, 0.2) is 22.7 Å². The molecule has 0 radical (unpaired) electrons. The summed E-state index contributed by atoms with van der Waals surface area (Å²) in [5, 5.41) is 5.24. The van der Waals surface area contributed by atoms with E-state index in [1.807, 2.05) is 12.1 Å². The van der Waals surface area contributed by atoms with Gasteiger partial charge in [-0.1, -0.05) is 18.9 Å². The minimum atomic E-state index is -3.52. The predicted octanol–water partition coefficient (Wildman–Crippen LogP) is 2.69. The second-order valence-corrected chi connectivity index (χ2v) is 8.04. The van der Waals surface area contributed by atoms with Gasteiger partial charge in [0.1, 0.15) is 0 Å². The third kappa shape index (κ3) is 4.34. The molecule has 1 aromatic carbocycles. The van der Waals surface area contributed by atoms with Gasteiger partial charge >= 0.3 is 0 Å². The summed E-state index contributed by atoms with van der Waals surface area (Å²) < 4.78 is 34.9. The highest BCUT2D eigenvalue weighted by molar-refractivity contribution is 9.10. The minimum Gasteiger partial charge on any atom is -0.493 e. The van der Waals surface area contributed by atoms with Crippen LogP contribution in [-0.4, -0.2) is 27.9 Å². The van der Waals surface area contributed by atoms with Crippen molar-refractivity contribution in [3.8, 4) is 11.5 Å². The molecule has 1 aliphatic rings. The van der Waals surface area contributed by atoms with Gasteiger partial charge < -0.3 is 9.47 Å². The molecule has 2 N–H and O–H groups in total. The Morgan fingerprint density at radius 2 is 2.00 bits per heavy atom. The fourth-order valence-electron chi connectivity index (χ4n) is 2.90. The summed E-state index contributed by atoms with van der Waals surface area (Å²) in [5.74, 6) is 1.18. The third-order valence-corrected chi connectivity index (χ3v) is 5.48. The molecule has 1 aromatic rings. The Balaban J connectivity index is 2.17. The number of hydrogen-bond acceptors (Lipinski definition) is 4. The van der Waals surface area contributed by atoms with E-state index in [0.717, 1.165) is 30.2 Å². The van der Waals surface area contributed by atoms with Gasteiger partial charge in [-0.25, -0.2) is 13.6 Å². The Labute approximate surface area is 134 Å². The Morgan fingerprint density at radius 3 is 2.57 bits per heavy atom. The fourth-order valence-corrected chi connectivity index (χ4v) is 4.59. The zero-order chi connectivity index (χ0) is 15.5. The average molecular weight is 378 g/mol. The summed E-state index contributed by atoms with van der Waals surface area (Å²) in [7, 11) is -1.95. The van der Waals surface area contributed by atoms with E-state index in [2.05, 4.69) is 15.9 Å². The molecule has 0 saturated heterocycles. The van der Waals surface area contributed by atoms with Gasteiger partial charge in [-0.05, 0) is 40.9 Å².